The lowest BCUT2D eigenvalue weighted by atomic mass is 10.0. The second kappa shape index (κ2) is 6.54. The molecule has 5 nitrogen and oxygen atoms in total. The molecule has 2 aromatic rings. The van der Waals surface area contributed by atoms with Gasteiger partial charge in [0.15, 0.2) is 0 Å². The third-order valence-electron chi connectivity index (χ3n) is 5.28. The van der Waals surface area contributed by atoms with Crippen LogP contribution in [-0.2, 0) is 0 Å². The first kappa shape index (κ1) is 15.6. The van der Waals surface area contributed by atoms with Crippen LogP contribution >= 0.6 is 11.6 Å². The van der Waals surface area contributed by atoms with Crippen molar-refractivity contribution in [3.8, 4) is 6.07 Å². The maximum atomic E-state index is 8.74. The third-order valence-corrected chi connectivity index (χ3v) is 5.47. The molecule has 24 heavy (non-hydrogen) atoms. The quantitative estimate of drug-likeness (QED) is 0.864. The molecule has 0 bridgehead atoms. The Kier molecular flexibility index (Phi) is 4.26. The summed E-state index contributed by atoms with van der Waals surface area (Å²) in [6.45, 7) is 3.15. The van der Waals surface area contributed by atoms with Gasteiger partial charge in [0.2, 0.25) is 0 Å². The van der Waals surface area contributed by atoms with E-state index in [9.17, 15) is 0 Å². The monoisotopic (exact) mass is 341 g/mol. The minimum absolute atomic E-state index is 0.437. The van der Waals surface area contributed by atoms with E-state index in [4.69, 9.17) is 16.9 Å². The van der Waals surface area contributed by atoms with Crippen LogP contribution in [0.4, 0.5) is 5.82 Å². The van der Waals surface area contributed by atoms with E-state index in [1.165, 1.54) is 0 Å². The first-order valence-corrected chi connectivity index (χ1v) is 8.88. The van der Waals surface area contributed by atoms with E-state index in [2.05, 4.69) is 26.3 Å². The second-order valence-electron chi connectivity index (χ2n) is 6.86. The topological polar surface area (TPSA) is 64.8 Å². The van der Waals surface area contributed by atoms with Crippen LogP contribution in [0.2, 0.25) is 5.15 Å². The molecule has 3 heterocycles. The minimum atomic E-state index is 0.437. The fourth-order valence-electron chi connectivity index (χ4n) is 4.25. The largest absolute Gasteiger partial charge is 0.367 e. The summed E-state index contributed by atoms with van der Waals surface area (Å²) in [5.41, 5.74) is 0.876. The van der Waals surface area contributed by atoms with Crippen molar-refractivity contribution < 1.29 is 0 Å². The van der Waals surface area contributed by atoms with E-state index in [-0.39, 0.29) is 0 Å². The zero-order chi connectivity index (χ0) is 16.5. The number of anilines is 1. The number of nitrogens with one attached hydrogen (secondary N) is 1. The van der Waals surface area contributed by atoms with Gasteiger partial charge in [0.1, 0.15) is 11.0 Å². The maximum Gasteiger partial charge on any atom is 0.137 e. The van der Waals surface area contributed by atoms with E-state index in [0.717, 1.165) is 61.0 Å². The van der Waals surface area contributed by atoms with Gasteiger partial charge in [0.05, 0.1) is 11.6 Å². The zero-order valence-electron chi connectivity index (χ0n) is 13.5. The molecule has 0 amide bonds. The van der Waals surface area contributed by atoms with Crippen molar-refractivity contribution in [2.75, 3.05) is 25.0 Å². The lowest BCUT2D eigenvalue weighted by molar-refractivity contribution is 0.316. The number of hydrogen-bond acceptors (Lipinski definition) is 5. The van der Waals surface area contributed by atoms with Crippen molar-refractivity contribution in [3.63, 3.8) is 0 Å². The molecule has 3 atom stereocenters. The molecule has 1 N–H and O–H groups in total. The van der Waals surface area contributed by atoms with Gasteiger partial charge in [0, 0.05) is 49.7 Å². The van der Waals surface area contributed by atoms with E-state index in [1.807, 2.05) is 12.1 Å². The number of pyridine rings is 2. The molecule has 1 aliphatic heterocycles. The normalized spacial score (nSPS) is 26.4. The van der Waals surface area contributed by atoms with Crippen LogP contribution in [0.3, 0.4) is 0 Å². The van der Waals surface area contributed by atoms with Gasteiger partial charge in [-0.15, -0.1) is 0 Å². The van der Waals surface area contributed by atoms with E-state index >= 15 is 0 Å². The number of halogens is 1. The summed E-state index contributed by atoms with van der Waals surface area (Å²) >= 11 is 6.15. The highest BCUT2D eigenvalue weighted by molar-refractivity contribution is 6.30. The van der Waals surface area contributed by atoms with E-state index < -0.39 is 0 Å². The van der Waals surface area contributed by atoms with Gasteiger partial charge in [-0.3, -0.25) is 4.98 Å². The molecule has 0 radical (unpaired) electrons. The first-order valence-electron chi connectivity index (χ1n) is 8.50. The van der Waals surface area contributed by atoms with Crippen molar-refractivity contribution in [2.45, 2.75) is 25.3 Å². The number of hydrogen-bond donors (Lipinski definition) is 1. The highest BCUT2D eigenvalue weighted by atomic mass is 35.5. The van der Waals surface area contributed by atoms with Crippen LogP contribution in [-0.4, -0.2) is 40.5 Å². The average Bonchev–Trinajstić information content (AvgIpc) is 3.10. The molecule has 2 fully saturated rings. The Balaban J connectivity index is 1.45. The minimum Gasteiger partial charge on any atom is -0.367 e. The lowest BCUT2D eigenvalue weighted by Crippen LogP contribution is -2.26. The predicted molar refractivity (Wildman–Crippen MR) is 94.8 cm³/mol. The van der Waals surface area contributed by atoms with Crippen molar-refractivity contribution in [1.29, 1.82) is 5.26 Å². The smallest absolute Gasteiger partial charge is 0.137 e. The van der Waals surface area contributed by atoms with Crippen LogP contribution in [0.1, 0.15) is 19.3 Å². The van der Waals surface area contributed by atoms with Gasteiger partial charge in [-0.2, -0.15) is 5.26 Å². The van der Waals surface area contributed by atoms with Gasteiger partial charge in [-0.25, -0.2) is 4.98 Å². The molecule has 1 aliphatic carbocycles. The average molecular weight is 342 g/mol. The number of nitrogens with zero attached hydrogens (tertiary/aromatic N) is 4. The van der Waals surface area contributed by atoms with Crippen LogP contribution in [0.15, 0.2) is 24.4 Å². The maximum absolute atomic E-state index is 8.74. The summed E-state index contributed by atoms with van der Waals surface area (Å²) in [4.78, 5) is 11.3. The number of rotatable bonds is 4. The number of fused-ring (bicyclic) bond motifs is 2. The highest BCUT2D eigenvalue weighted by Crippen LogP contribution is 2.39. The summed E-state index contributed by atoms with van der Waals surface area (Å²) in [6.07, 6.45) is 4.72. The number of aromatic nitrogens is 2. The zero-order valence-corrected chi connectivity index (χ0v) is 14.2. The van der Waals surface area contributed by atoms with Crippen LogP contribution in [0, 0.1) is 23.2 Å². The number of nitriles is 1. The van der Waals surface area contributed by atoms with E-state index in [1.54, 1.807) is 12.3 Å². The summed E-state index contributed by atoms with van der Waals surface area (Å²) in [6, 6.07) is 8.45. The van der Waals surface area contributed by atoms with Gasteiger partial charge in [0.25, 0.3) is 0 Å². The molecule has 0 spiro atoms. The summed E-state index contributed by atoms with van der Waals surface area (Å²) in [5, 5.41) is 13.8. The fraction of sp³-hybridized carbons (Fsp3) is 0.500. The molecular weight excluding hydrogens is 322 g/mol. The summed E-state index contributed by atoms with van der Waals surface area (Å²) in [7, 11) is 0. The molecular formula is C18H20ClN5. The van der Waals surface area contributed by atoms with Crippen LogP contribution < -0.4 is 5.32 Å². The SMILES string of the molecule is N#CCCN1C[C@H]2CC(Nc3nc(Cl)cc4ncccc34)C[C@H]2C1. The van der Waals surface area contributed by atoms with Crippen LogP contribution in [0.5, 0.6) is 0 Å². The molecule has 124 valence electrons. The Morgan fingerprint density at radius 2 is 2.12 bits per heavy atom. The van der Waals surface area contributed by atoms with Gasteiger partial charge in [-0.1, -0.05) is 11.6 Å². The van der Waals surface area contributed by atoms with Crippen molar-refractivity contribution in [1.82, 2.24) is 14.9 Å². The molecule has 6 heteroatoms. The molecule has 0 aromatic carbocycles. The van der Waals surface area contributed by atoms with Gasteiger partial charge in [-0.05, 0) is 36.8 Å². The van der Waals surface area contributed by atoms with Gasteiger partial charge >= 0.3 is 0 Å². The molecule has 4 rings (SSSR count). The predicted octanol–water partition coefficient (Wildman–Crippen LogP) is 3.32. The van der Waals surface area contributed by atoms with Crippen molar-refractivity contribution in [3.05, 3.63) is 29.5 Å². The molecule has 1 unspecified atom stereocenters. The Hall–Kier alpha value is -1.90. The second-order valence-corrected chi connectivity index (χ2v) is 7.25. The Morgan fingerprint density at radius 3 is 2.88 bits per heavy atom. The highest BCUT2D eigenvalue weighted by Gasteiger charge is 2.40. The fourth-order valence-corrected chi connectivity index (χ4v) is 4.44. The molecule has 2 aliphatic rings. The Bertz CT molecular complexity index is 773. The lowest BCUT2D eigenvalue weighted by Gasteiger charge is -2.19. The Labute approximate surface area is 146 Å². The van der Waals surface area contributed by atoms with Crippen molar-refractivity contribution in [2.24, 2.45) is 11.8 Å². The summed E-state index contributed by atoms with van der Waals surface area (Å²) < 4.78 is 0. The molecule has 1 saturated carbocycles. The molecule has 2 aromatic heterocycles. The Morgan fingerprint density at radius 1 is 1.33 bits per heavy atom. The standard InChI is InChI=1S/C18H20ClN5/c19-17-9-16-15(3-1-5-21-16)18(23-17)22-14-7-12-10-24(6-2-4-20)11-13(12)8-14/h1,3,5,9,12-14H,2,6-8,10-11H2,(H,22,23)/t12-,13+,14?. The summed E-state index contributed by atoms with van der Waals surface area (Å²) in [5.74, 6) is 2.30. The van der Waals surface area contributed by atoms with E-state index in [0.29, 0.717) is 17.6 Å². The van der Waals surface area contributed by atoms with Gasteiger partial charge < -0.3 is 10.2 Å². The van der Waals surface area contributed by atoms with Crippen LogP contribution in [0.25, 0.3) is 10.9 Å². The first-order chi connectivity index (χ1) is 11.7. The van der Waals surface area contributed by atoms with Crippen molar-refractivity contribution >= 4 is 28.3 Å². The third kappa shape index (κ3) is 3.04. The molecule has 1 saturated heterocycles. The number of likely N-dealkylation sites (tertiary alicyclic amines) is 1.